The zero-order chi connectivity index (χ0) is 19.8. The van der Waals surface area contributed by atoms with Gasteiger partial charge in [0.2, 0.25) is 6.54 Å². The van der Waals surface area contributed by atoms with Crippen LogP contribution in [0, 0.1) is 15.5 Å². The Bertz CT molecular complexity index is 945. The van der Waals surface area contributed by atoms with Crippen molar-refractivity contribution in [1.29, 1.82) is 0 Å². The number of fused-ring (bicyclic) bond motifs is 1. The number of ketones is 1. The zero-order valence-corrected chi connectivity index (χ0v) is 17.4. The molecule has 0 amide bonds. The van der Waals surface area contributed by atoms with Gasteiger partial charge >= 0.3 is 5.97 Å². The summed E-state index contributed by atoms with van der Waals surface area (Å²) in [6, 6.07) is 12.0. The van der Waals surface area contributed by atoms with E-state index in [9.17, 15) is 19.7 Å². The third kappa shape index (κ3) is 3.32. The van der Waals surface area contributed by atoms with E-state index >= 15 is 0 Å². The van der Waals surface area contributed by atoms with Gasteiger partial charge in [0.1, 0.15) is 5.41 Å². The number of nitrogens with zero attached hydrogens (tertiary/aromatic N) is 1. The van der Waals surface area contributed by atoms with Crippen molar-refractivity contribution in [3.63, 3.8) is 0 Å². The highest BCUT2D eigenvalue weighted by atomic mass is 79.9. The van der Waals surface area contributed by atoms with Crippen molar-refractivity contribution >= 4 is 43.6 Å². The minimum Gasteiger partial charge on any atom is -0.468 e. The van der Waals surface area contributed by atoms with Gasteiger partial charge in [-0.2, -0.15) is 0 Å². The van der Waals surface area contributed by atoms with Crippen LogP contribution >= 0.6 is 31.9 Å². The molecule has 0 fully saturated rings. The highest BCUT2D eigenvalue weighted by Gasteiger charge is 2.59. The first-order valence-corrected chi connectivity index (χ1v) is 9.67. The molecule has 8 heteroatoms. The number of rotatable bonds is 5. The summed E-state index contributed by atoms with van der Waals surface area (Å²) in [6.07, 6.45) is 0.0487. The van der Waals surface area contributed by atoms with E-state index in [2.05, 4.69) is 31.9 Å². The van der Waals surface area contributed by atoms with E-state index in [-0.39, 0.29) is 6.42 Å². The molecule has 1 aliphatic carbocycles. The van der Waals surface area contributed by atoms with Crippen LogP contribution in [0.2, 0.25) is 0 Å². The molecule has 27 heavy (non-hydrogen) atoms. The Hall–Kier alpha value is -2.06. The van der Waals surface area contributed by atoms with Gasteiger partial charge in [0.25, 0.3) is 0 Å². The van der Waals surface area contributed by atoms with Crippen LogP contribution in [0.3, 0.4) is 0 Å². The van der Waals surface area contributed by atoms with Crippen LogP contribution in [0.15, 0.2) is 51.4 Å². The fourth-order valence-corrected chi connectivity index (χ4v) is 4.72. The molecular formula is C19H15Br2NO5. The van der Waals surface area contributed by atoms with E-state index in [0.717, 1.165) is 4.47 Å². The van der Waals surface area contributed by atoms with Crippen LogP contribution in [-0.2, 0) is 16.0 Å². The van der Waals surface area contributed by atoms with Gasteiger partial charge in [-0.25, -0.2) is 0 Å². The molecule has 0 spiro atoms. The molecule has 0 radical (unpaired) electrons. The predicted octanol–water partition coefficient (Wildman–Crippen LogP) is 4.17. The van der Waals surface area contributed by atoms with Crippen LogP contribution in [0.25, 0.3) is 0 Å². The average Bonchev–Trinajstić information content (AvgIpc) is 2.92. The number of hydrogen-bond donors (Lipinski definition) is 0. The van der Waals surface area contributed by atoms with Crippen molar-refractivity contribution in [1.82, 2.24) is 0 Å². The second kappa shape index (κ2) is 7.52. The molecule has 6 nitrogen and oxygen atoms in total. The van der Waals surface area contributed by atoms with Gasteiger partial charge in [-0.05, 0) is 41.8 Å². The molecule has 0 heterocycles. The van der Waals surface area contributed by atoms with E-state index in [4.69, 9.17) is 4.74 Å². The van der Waals surface area contributed by atoms with E-state index < -0.39 is 34.6 Å². The van der Waals surface area contributed by atoms with Crippen molar-refractivity contribution in [2.45, 2.75) is 12.3 Å². The number of esters is 1. The predicted molar refractivity (Wildman–Crippen MR) is 105 cm³/mol. The highest BCUT2D eigenvalue weighted by molar-refractivity contribution is 9.10. The number of ether oxygens (including phenoxy) is 1. The number of carbonyl (C=O) groups is 2. The lowest BCUT2D eigenvalue weighted by Gasteiger charge is -2.32. The van der Waals surface area contributed by atoms with Gasteiger partial charge in [-0.15, -0.1) is 0 Å². The maximum Gasteiger partial charge on any atom is 0.320 e. The summed E-state index contributed by atoms with van der Waals surface area (Å²) in [5.74, 6) is -2.18. The smallest absolute Gasteiger partial charge is 0.320 e. The van der Waals surface area contributed by atoms with Crippen molar-refractivity contribution in [3.8, 4) is 0 Å². The Morgan fingerprint density at radius 3 is 2.63 bits per heavy atom. The monoisotopic (exact) mass is 495 g/mol. The first kappa shape index (κ1) is 19.7. The Kier molecular flexibility index (Phi) is 5.48. The maximum atomic E-state index is 13.4. The molecule has 3 rings (SSSR count). The standard InChI is InChI=1S/C19H15Br2NO5/c1-27-18(24)19(9-11-8-12(20)6-7-13(11)17(19)23)15(10-22(25)26)14-4-2-3-5-16(14)21/h2-8,15H,9-10H2,1H3/t15-,19+/m1/s1. The SMILES string of the molecule is COC(=O)[C@]1([C@H](C[N+](=O)[O-])c2ccccc2Br)Cc2cc(Br)ccc2C1=O. The molecule has 0 aliphatic heterocycles. The molecule has 2 aromatic carbocycles. The number of methoxy groups -OCH3 is 1. The van der Waals surface area contributed by atoms with Crippen molar-refractivity contribution in [3.05, 3.63) is 78.2 Å². The summed E-state index contributed by atoms with van der Waals surface area (Å²) < 4.78 is 6.35. The molecule has 2 aromatic rings. The number of benzene rings is 2. The van der Waals surface area contributed by atoms with E-state index in [1.807, 2.05) is 0 Å². The molecule has 0 N–H and O–H groups in total. The molecular weight excluding hydrogens is 482 g/mol. The number of hydrogen-bond acceptors (Lipinski definition) is 5. The average molecular weight is 497 g/mol. The van der Waals surface area contributed by atoms with Crippen molar-refractivity contribution in [2.75, 3.05) is 13.7 Å². The van der Waals surface area contributed by atoms with E-state index in [1.165, 1.54) is 7.11 Å². The topological polar surface area (TPSA) is 86.5 Å². The first-order chi connectivity index (χ1) is 12.8. The molecule has 140 valence electrons. The summed E-state index contributed by atoms with van der Waals surface area (Å²) in [4.78, 5) is 37.3. The summed E-state index contributed by atoms with van der Waals surface area (Å²) in [7, 11) is 1.19. The largest absolute Gasteiger partial charge is 0.468 e. The zero-order valence-electron chi connectivity index (χ0n) is 14.3. The van der Waals surface area contributed by atoms with Gasteiger partial charge in [-0.1, -0.05) is 50.1 Å². The fourth-order valence-electron chi connectivity index (χ4n) is 3.75. The number of nitro groups is 1. The summed E-state index contributed by atoms with van der Waals surface area (Å²) >= 11 is 6.77. The van der Waals surface area contributed by atoms with Gasteiger partial charge < -0.3 is 4.74 Å². The highest BCUT2D eigenvalue weighted by Crippen LogP contribution is 2.49. The number of Topliss-reactive ketones (excluding diaryl/α,β-unsaturated/α-hetero) is 1. The normalized spacial score (nSPS) is 19.4. The lowest BCUT2D eigenvalue weighted by molar-refractivity contribution is -0.485. The van der Waals surface area contributed by atoms with Crippen LogP contribution in [0.4, 0.5) is 0 Å². The second-order valence-corrected chi connectivity index (χ2v) is 8.13. The fraction of sp³-hybridized carbons (Fsp3) is 0.263. The van der Waals surface area contributed by atoms with Gasteiger partial charge in [0, 0.05) is 19.4 Å². The van der Waals surface area contributed by atoms with Gasteiger partial charge in [-0.3, -0.25) is 19.7 Å². The van der Waals surface area contributed by atoms with Crippen LogP contribution in [-0.4, -0.2) is 30.3 Å². The van der Waals surface area contributed by atoms with Crippen LogP contribution < -0.4 is 0 Å². The lowest BCUT2D eigenvalue weighted by atomic mass is 9.69. The third-order valence-corrected chi connectivity index (χ3v) is 6.16. The lowest BCUT2D eigenvalue weighted by Crippen LogP contribution is -2.46. The van der Waals surface area contributed by atoms with Crippen LogP contribution in [0.5, 0.6) is 0 Å². The maximum absolute atomic E-state index is 13.4. The van der Waals surface area contributed by atoms with Gasteiger partial charge in [0.15, 0.2) is 5.78 Å². The Balaban J connectivity index is 2.24. The summed E-state index contributed by atoms with van der Waals surface area (Å²) in [6.45, 7) is -0.571. The molecule has 1 aliphatic rings. The number of halogens is 2. The molecule has 0 unspecified atom stereocenters. The van der Waals surface area contributed by atoms with E-state index in [0.29, 0.717) is 21.2 Å². The molecule has 0 saturated carbocycles. The first-order valence-electron chi connectivity index (χ1n) is 8.09. The quantitative estimate of drug-likeness (QED) is 0.268. The molecule has 0 bridgehead atoms. The number of carbonyl (C=O) groups excluding carboxylic acids is 2. The second-order valence-electron chi connectivity index (χ2n) is 6.36. The molecule has 0 aromatic heterocycles. The minimum atomic E-state index is -1.69. The summed E-state index contributed by atoms with van der Waals surface area (Å²) in [5, 5.41) is 11.5. The van der Waals surface area contributed by atoms with E-state index in [1.54, 1.807) is 42.5 Å². The van der Waals surface area contributed by atoms with Crippen molar-refractivity contribution < 1.29 is 19.2 Å². The van der Waals surface area contributed by atoms with Crippen LogP contribution in [0.1, 0.15) is 27.4 Å². The van der Waals surface area contributed by atoms with Gasteiger partial charge in [0.05, 0.1) is 13.0 Å². The molecule has 2 atom stereocenters. The Labute approximate surface area is 172 Å². The third-order valence-electron chi connectivity index (χ3n) is 4.94. The Morgan fingerprint density at radius 2 is 2.00 bits per heavy atom. The summed E-state index contributed by atoms with van der Waals surface area (Å²) in [5.41, 5.74) is -0.0987. The van der Waals surface area contributed by atoms with Crippen molar-refractivity contribution in [2.24, 2.45) is 5.41 Å². The minimum absolute atomic E-state index is 0.0487. The molecule has 0 saturated heterocycles. The Morgan fingerprint density at radius 1 is 1.30 bits per heavy atom.